The number of nitrogens with one attached hydrogen (secondary N) is 1. The van der Waals surface area contributed by atoms with Crippen molar-refractivity contribution in [3.8, 4) is 11.5 Å². The summed E-state index contributed by atoms with van der Waals surface area (Å²) >= 11 is 0. The molecule has 5 nitrogen and oxygen atoms in total. The molecule has 2 N–H and O–H groups in total. The number of ketones is 1. The molecule has 1 fully saturated rings. The van der Waals surface area contributed by atoms with Crippen molar-refractivity contribution in [1.29, 1.82) is 0 Å². The lowest BCUT2D eigenvalue weighted by atomic mass is 10.1. The van der Waals surface area contributed by atoms with Gasteiger partial charge in [0.05, 0.1) is 13.0 Å². The molecule has 94 valence electrons. The maximum Gasteiger partial charge on any atom is 0.288 e. The van der Waals surface area contributed by atoms with E-state index in [0.717, 1.165) is 5.56 Å². The Balaban J connectivity index is 2.14. The summed E-state index contributed by atoms with van der Waals surface area (Å²) < 4.78 is 4.98. The van der Waals surface area contributed by atoms with Gasteiger partial charge in [0.2, 0.25) is 5.78 Å². The Kier molecular flexibility index (Phi) is 3.32. The van der Waals surface area contributed by atoms with Gasteiger partial charge in [0.15, 0.2) is 11.5 Å². The Hall–Kier alpha value is -2.30. The molecule has 1 atom stereocenters. The fraction of sp³-hybridized carbons (Fsp3) is 0.231. The summed E-state index contributed by atoms with van der Waals surface area (Å²) in [6, 6.07) is 4.86. The lowest BCUT2D eigenvalue weighted by molar-refractivity contribution is -0.135. The van der Waals surface area contributed by atoms with Crippen LogP contribution >= 0.6 is 0 Å². The van der Waals surface area contributed by atoms with E-state index in [1.807, 2.05) is 0 Å². The number of aromatic hydroxyl groups is 1. The first-order valence-corrected chi connectivity index (χ1v) is 5.49. The van der Waals surface area contributed by atoms with Crippen LogP contribution in [-0.2, 0) is 9.59 Å². The largest absolute Gasteiger partial charge is 0.504 e. The molecule has 5 heteroatoms. The van der Waals surface area contributed by atoms with Crippen LogP contribution in [0.2, 0.25) is 0 Å². The Morgan fingerprint density at radius 3 is 2.83 bits per heavy atom. The zero-order chi connectivity index (χ0) is 13.1. The van der Waals surface area contributed by atoms with Crippen LogP contribution in [0.1, 0.15) is 5.56 Å². The molecule has 18 heavy (non-hydrogen) atoms. The zero-order valence-corrected chi connectivity index (χ0v) is 9.84. The average molecular weight is 247 g/mol. The van der Waals surface area contributed by atoms with E-state index >= 15 is 0 Å². The van der Waals surface area contributed by atoms with Gasteiger partial charge in [-0.25, -0.2) is 0 Å². The molecule has 0 radical (unpaired) electrons. The van der Waals surface area contributed by atoms with E-state index < -0.39 is 17.6 Å². The molecule has 1 aliphatic heterocycles. The molecule has 1 aromatic rings. The molecule has 2 rings (SSSR count). The monoisotopic (exact) mass is 247 g/mol. The third-order valence-electron chi connectivity index (χ3n) is 2.77. The van der Waals surface area contributed by atoms with E-state index in [4.69, 9.17) is 4.74 Å². The van der Waals surface area contributed by atoms with Crippen LogP contribution in [0.4, 0.5) is 0 Å². The van der Waals surface area contributed by atoms with E-state index in [-0.39, 0.29) is 5.75 Å². The van der Waals surface area contributed by atoms with Crippen LogP contribution in [-0.4, -0.2) is 30.5 Å². The van der Waals surface area contributed by atoms with Crippen LogP contribution in [0.5, 0.6) is 11.5 Å². The van der Waals surface area contributed by atoms with Gasteiger partial charge in [-0.15, -0.1) is 0 Å². The summed E-state index contributed by atoms with van der Waals surface area (Å²) in [5, 5.41) is 11.9. The average Bonchev–Trinajstić information content (AvgIpc) is 2.69. The maximum absolute atomic E-state index is 11.4. The molecule has 0 aromatic heterocycles. The molecule has 0 aliphatic carbocycles. The van der Waals surface area contributed by atoms with Crippen molar-refractivity contribution in [3.63, 3.8) is 0 Å². The van der Waals surface area contributed by atoms with Crippen molar-refractivity contribution >= 4 is 17.8 Å². The van der Waals surface area contributed by atoms with E-state index in [9.17, 15) is 14.7 Å². The van der Waals surface area contributed by atoms with Crippen LogP contribution in [0.15, 0.2) is 24.3 Å². The molecule has 1 aromatic carbocycles. The van der Waals surface area contributed by atoms with Crippen LogP contribution in [0.3, 0.4) is 0 Å². The predicted octanol–water partition coefficient (Wildman–Crippen LogP) is 0.729. The smallest absolute Gasteiger partial charge is 0.288 e. The second kappa shape index (κ2) is 4.91. The van der Waals surface area contributed by atoms with E-state index in [1.165, 1.54) is 13.2 Å². The van der Waals surface area contributed by atoms with Gasteiger partial charge >= 0.3 is 0 Å². The first kappa shape index (κ1) is 12.2. The summed E-state index contributed by atoms with van der Waals surface area (Å²) in [7, 11) is 1.46. The van der Waals surface area contributed by atoms with Gasteiger partial charge in [0.1, 0.15) is 0 Å². The molecule has 0 bridgehead atoms. The number of phenolic OH excluding ortho intramolecular Hbond substituents is 1. The lowest BCUT2D eigenvalue weighted by Crippen LogP contribution is -2.18. The minimum Gasteiger partial charge on any atom is -0.504 e. The summed E-state index contributed by atoms with van der Waals surface area (Å²) in [6.07, 6.45) is 3.40. The first-order valence-electron chi connectivity index (χ1n) is 5.49. The molecule has 1 aliphatic rings. The normalized spacial score (nSPS) is 19.3. The number of hydrogen-bond acceptors (Lipinski definition) is 4. The highest BCUT2D eigenvalue weighted by atomic mass is 16.5. The molecule has 1 unspecified atom stereocenters. The Bertz CT molecular complexity index is 522. The van der Waals surface area contributed by atoms with Gasteiger partial charge in [0, 0.05) is 6.54 Å². The summed E-state index contributed by atoms with van der Waals surface area (Å²) in [5.74, 6) is -0.949. The standard InChI is InChI=1S/C13H13NO4/c1-18-11-6-8(3-5-10(11)15)2-4-9-7-14-13(17)12(9)16/h2-6,9,15H,7H2,1H3,(H,14,17)/b4-2+. The summed E-state index contributed by atoms with van der Waals surface area (Å²) in [5.41, 5.74) is 0.789. The van der Waals surface area contributed by atoms with E-state index in [0.29, 0.717) is 12.3 Å². The zero-order valence-electron chi connectivity index (χ0n) is 9.84. The summed E-state index contributed by atoms with van der Waals surface area (Å²) in [6.45, 7) is 0.337. The SMILES string of the molecule is COc1cc(/C=C/C2CNC(=O)C2=O)ccc1O. The number of phenols is 1. The molecule has 1 heterocycles. The molecule has 1 amide bonds. The topological polar surface area (TPSA) is 75.6 Å². The first-order chi connectivity index (χ1) is 8.61. The van der Waals surface area contributed by atoms with Crippen molar-refractivity contribution in [2.45, 2.75) is 0 Å². The highest BCUT2D eigenvalue weighted by molar-refractivity contribution is 6.39. The van der Waals surface area contributed by atoms with Crippen molar-refractivity contribution in [3.05, 3.63) is 29.8 Å². The quantitative estimate of drug-likeness (QED) is 0.772. The Morgan fingerprint density at radius 1 is 1.44 bits per heavy atom. The molecular formula is C13H13NO4. The highest BCUT2D eigenvalue weighted by Gasteiger charge is 2.29. The van der Waals surface area contributed by atoms with Crippen molar-refractivity contribution in [2.75, 3.05) is 13.7 Å². The van der Waals surface area contributed by atoms with E-state index in [1.54, 1.807) is 24.3 Å². The number of ether oxygens (including phenoxy) is 1. The number of hydrogen-bond donors (Lipinski definition) is 2. The van der Waals surface area contributed by atoms with Gasteiger partial charge in [-0.2, -0.15) is 0 Å². The fourth-order valence-corrected chi connectivity index (χ4v) is 1.73. The maximum atomic E-state index is 11.4. The minimum atomic E-state index is -0.534. The number of amides is 1. The molecule has 0 spiro atoms. The van der Waals surface area contributed by atoms with Crippen molar-refractivity contribution in [2.24, 2.45) is 5.92 Å². The third kappa shape index (κ3) is 2.34. The van der Waals surface area contributed by atoms with Crippen LogP contribution in [0, 0.1) is 5.92 Å². The molecular weight excluding hydrogens is 234 g/mol. The number of Topliss-reactive ketones (excluding diaryl/α,β-unsaturated/α-hetero) is 1. The number of methoxy groups -OCH3 is 1. The van der Waals surface area contributed by atoms with Crippen molar-refractivity contribution < 1.29 is 19.4 Å². The molecule has 0 saturated carbocycles. The van der Waals surface area contributed by atoms with Gasteiger partial charge in [-0.05, 0) is 17.7 Å². The Labute approximate surface area is 104 Å². The second-order valence-electron chi connectivity index (χ2n) is 3.97. The van der Waals surface area contributed by atoms with Gasteiger partial charge < -0.3 is 15.2 Å². The third-order valence-corrected chi connectivity index (χ3v) is 2.77. The number of rotatable bonds is 3. The van der Waals surface area contributed by atoms with Gasteiger partial charge in [0.25, 0.3) is 5.91 Å². The fourth-order valence-electron chi connectivity index (χ4n) is 1.73. The van der Waals surface area contributed by atoms with Crippen LogP contribution in [0.25, 0.3) is 6.08 Å². The Morgan fingerprint density at radius 2 is 2.22 bits per heavy atom. The highest BCUT2D eigenvalue weighted by Crippen LogP contribution is 2.27. The predicted molar refractivity (Wildman–Crippen MR) is 65.2 cm³/mol. The number of carbonyl (C=O) groups is 2. The number of benzene rings is 1. The van der Waals surface area contributed by atoms with Crippen molar-refractivity contribution in [1.82, 2.24) is 5.32 Å². The van der Waals surface area contributed by atoms with Crippen LogP contribution < -0.4 is 10.1 Å². The van der Waals surface area contributed by atoms with Gasteiger partial charge in [-0.3, -0.25) is 9.59 Å². The second-order valence-corrected chi connectivity index (χ2v) is 3.97. The lowest BCUT2D eigenvalue weighted by Gasteiger charge is -2.04. The van der Waals surface area contributed by atoms with Gasteiger partial charge in [-0.1, -0.05) is 18.2 Å². The minimum absolute atomic E-state index is 0.0587. The summed E-state index contributed by atoms with van der Waals surface area (Å²) in [4.78, 5) is 22.4. The number of carbonyl (C=O) groups excluding carboxylic acids is 2. The van der Waals surface area contributed by atoms with E-state index in [2.05, 4.69) is 5.32 Å². The molecule has 1 saturated heterocycles.